The van der Waals surface area contributed by atoms with Crippen LogP contribution >= 0.6 is 0 Å². The van der Waals surface area contributed by atoms with Gasteiger partial charge in [-0.15, -0.1) is 0 Å². The summed E-state index contributed by atoms with van der Waals surface area (Å²) in [7, 11) is 0. The average molecular weight is 694 g/mol. The number of benzene rings is 8. The van der Waals surface area contributed by atoms with Crippen molar-refractivity contribution in [1.82, 2.24) is 0 Å². The number of fused-ring (bicyclic) bond motifs is 9. The molecule has 256 valence electrons. The van der Waals surface area contributed by atoms with Gasteiger partial charge in [-0.3, -0.25) is 0 Å². The number of furan rings is 2. The van der Waals surface area contributed by atoms with Crippen molar-refractivity contribution >= 4 is 60.9 Å². The number of hydrogen-bond acceptors (Lipinski definition) is 3. The second-order valence-corrected chi connectivity index (χ2v) is 14.8. The Morgan fingerprint density at radius 2 is 0.907 bits per heavy atom. The molecule has 1 aliphatic carbocycles. The molecular formula is C51H35NO2. The maximum absolute atomic E-state index is 6.64. The van der Waals surface area contributed by atoms with Gasteiger partial charge in [-0.25, -0.2) is 0 Å². The highest BCUT2D eigenvalue weighted by molar-refractivity contribution is 6.12. The van der Waals surface area contributed by atoms with Gasteiger partial charge in [-0.1, -0.05) is 147 Å². The molecule has 11 rings (SSSR count). The zero-order valence-electron chi connectivity index (χ0n) is 30.0. The van der Waals surface area contributed by atoms with Crippen molar-refractivity contribution < 1.29 is 8.83 Å². The van der Waals surface area contributed by atoms with Gasteiger partial charge < -0.3 is 13.7 Å². The molecule has 0 atom stereocenters. The molecule has 3 heteroatoms. The van der Waals surface area contributed by atoms with E-state index in [9.17, 15) is 0 Å². The van der Waals surface area contributed by atoms with Crippen LogP contribution in [0.4, 0.5) is 17.1 Å². The van der Waals surface area contributed by atoms with Gasteiger partial charge in [0.2, 0.25) is 0 Å². The molecule has 8 aromatic carbocycles. The smallest absolute Gasteiger partial charge is 0.143 e. The van der Waals surface area contributed by atoms with Crippen molar-refractivity contribution in [1.29, 1.82) is 0 Å². The van der Waals surface area contributed by atoms with Crippen molar-refractivity contribution in [2.24, 2.45) is 0 Å². The SMILES string of the molecule is CC1(C)c2ccccc2-c2c(-c3ccccc3N(c3ccc4oc5ccccc5c4c3)c3ccccc3-c3cccc4c3oc3ccccc34)cccc21. The summed E-state index contributed by atoms with van der Waals surface area (Å²) >= 11 is 0. The summed E-state index contributed by atoms with van der Waals surface area (Å²) in [6.45, 7) is 4.69. The van der Waals surface area contributed by atoms with Crippen LogP contribution in [0.2, 0.25) is 0 Å². The summed E-state index contributed by atoms with van der Waals surface area (Å²) in [5.74, 6) is 0. The van der Waals surface area contributed by atoms with Crippen LogP contribution in [0.1, 0.15) is 25.0 Å². The first-order chi connectivity index (χ1) is 26.6. The van der Waals surface area contributed by atoms with Crippen molar-refractivity contribution in [3.63, 3.8) is 0 Å². The van der Waals surface area contributed by atoms with Crippen molar-refractivity contribution in [3.05, 3.63) is 187 Å². The third kappa shape index (κ3) is 4.42. The molecule has 54 heavy (non-hydrogen) atoms. The van der Waals surface area contributed by atoms with E-state index in [-0.39, 0.29) is 5.41 Å². The number of nitrogens with zero attached hydrogens (tertiary/aromatic N) is 1. The number of anilines is 3. The molecule has 1 aliphatic rings. The number of hydrogen-bond donors (Lipinski definition) is 0. The van der Waals surface area contributed by atoms with E-state index >= 15 is 0 Å². The standard InChI is InChI=1S/C51H35NO2/c1-51(2)42-23-8-3-19-40(42)49-37(20-14-24-43(49)51)33-15-4-9-25-44(33)52(32-29-30-48-41(31-32)36-18-7-11-27-46(36)53-48)45-26-10-5-16-34(45)38-21-13-22-39-35-17-6-12-28-47(35)54-50(38)39/h3-31H,1-2H3. The zero-order chi connectivity index (χ0) is 36.0. The maximum atomic E-state index is 6.64. The van der Waals surface area contributed by atoms with Crippen LogP contribution in [0.25, 0.3) is 77.3 Å². The summed E-state index contributed by atoms with van der Waals surface area (Å²) in [6, 6.07) is 63.0. The zero-order valence-corrected chi connectivity index (χ0v) is 30.0. The van der Waals surface area contributed by atoms with Crippen molar-refractivity contribution in [2.45, 2.75) is 19.3 Å². The molecule has 3 nitrogen and oxygen atoms in total. The molecule has 0 radical (unpaired) electrons. The molecule has 0 saturated heterocycles. The molecule has 0 N–H and O–H groups in total. The summed E-state index contributed by atoms with van der Waals surface area (Å²) in [4.78, 5) is 2.43. The van der Waals surface area contributed by atoms with Crippen LogP contribution < -0.4 is 4.90 Å². The van der Waals surface area contributed by atoms with E-state index in [1.165, 1.54) is 27.8 Å². The summed E-state index contributed by atoms with van der Waals surface area (Å²) in [5.41, 5.74) is 16.4. The van der Waals surface area contributed by atoms with Gasteiger partial charge in [0.05, 0.1) is 11.4 Å². The quantitative estimate of drug-likeness (QED) is 0.180. The summed E-state index contributed by atoms with van der Waals surface area (Å²) in [6.07, 6.45) is 0. The third-order valence-corrected chi connectivity index (χ3v) is 11.5. The Morgan fingerprint density at radius 1 is 0.389 bits per heavy atom. The molecule has 0 aliphatic heterocycles. The third-order valence-electron chi connectivity index (χ3n) is 11.5. The molecular weight excluding hydrogens is 659 g/mol. The van der Waals surface area contributed by atoms with Crippen LogP contribution in [-0.4, -0.2) is 0 Å². The minimum absolute atomic E-state index is 0.109. The van der Waals surface area contributed by atoms with Gasteiger partial charge in [-0.2, -0.15) is 0 Å². The van der Waals surface area contributed by atoms with E-state index in [2.05, 4.69) is 176 Å². The minimum atomic E-state index is -0.109. The Bertz CT molecular complexity index is 3100. The van der Waals surface area contributed by atoms with Gasteiger partial charge in [0.15, 0.2) is 0 Å². The van der Waals surface area contributed by atoms with Gasteiger partial charge in [0.1, 0.15) is 22.3 Å². The number of para-hydroxylation sites is 5. The van der Waals surface area contributed by atoms with E-state index < -0.39 is 0 Å². The van der Waals surface area contributed by atoms with E-state index in [1.54, 1.807) is 0 Å². The van der Waals surface area contributed by atoms with E-state index in [1.807, 2.05) is 18.2 Å². The van der Waals surface area contributed by atoms with Crippen LogP contribution in [0, 0.1) is 0 Å². The van der Waals surface area contributed by atoms with E-state index in [0.717, 1.165) is 77.6 Å². The van der Waals surface area contributed by atoms with Crippen molar-refractivity contribution in [2.75, 3.05) is 4.90 Å². The lowest BCUT2D eigenvalue weighted by molar-refractivity contribution is 0.660. The Balaban J connectivity index is 1.21. The normalized spacial score (nSPS) is 13.1. The molecule has 0 unspecified atom stereocenters. The van der Waals surface area contributed by atoms with Crippen LogP contribution in [0.5, 0.6) is 0 Å². The Morgan fingerprint density at radius 3 is 1.69 bits per heavy atom. The lowest BCUT2D eigenvalue weighted by Gasteiger charge is -2.30. The predicted molar refractivity (Wildman–Crippen MR) is 224 cm³/mol. The fourth-order valence-electron chi connectivity index (χ4n) is 8.99. The van der Waals surface area contributed by atoms with E-state index in [0.29, 0.717) is 0 Å². The van der Waals surface area contributed by atoms with Crippen molar-refractivity contribution in [3.8, 4) is 33.4 Å². The maximum Gasteiger partial charge on any atom is 0.143 e. The second kappa shape index (κ2) is 11.6. The lowest BCUT2D eigenvalue weighted by Crippen LogP contribution is -2.15. The fourth-order valence-corrected chi connectivity index (χ4v) is 8.99. The van der Waals surface area contributed by atoms with Gasteiger partial charge in [-0.05, 0) is 70.3 Å². The van der Waals surface area contributed by atoms with Crippen LogP contribution in [0.3, 0.4) is 0 Å². The Hall–Kier alpha value is -6.84. The Labute approximate surface area is 313 Å². The molecule has 10 aromatic rings. The molecule has 0 bridgehead atoms. The second-order valence-electron chi connectivity index (χ2n) is 14.8. The molecule has 2 heterocycles. The molecule has 0 fully saturated rings. The Kier molecular flexibility index (Phi) is 6.60. The van der Waals surface area contributed by atoms with Gasteiger partial charge >= 0.3 is 0 Å². The summed E-state index contributed by atoms with van der Waals surface area (Å²) < 4.78 is 13.0. The van der Waals surface area contributed by atoms with E-state index in [4.69, 9.17) is 8.83 Å². The highest BCUT2D eigenvalue weighted by atomic mass is 16.3. The number of rotatable bonds is 5. The first-order valence-corrected chi connectivity index (χ1v) is 18.6. The highest BCUT2D eigenvalue weighted by Crippen LogP contribution is 2.54. The van der Waals surface area contributed by atoms with Gasteiger partial charge in [0, 0.05) is 49.3 Å². The first kappa shape index (κ1) is 30.8. The average Bonchev–Trinajstić information content (AvgIpc) is 3.86. The molecule has 0 saturated carbocycles. The topological polar surface area (TPSA) is 29.5 Å². The first-order valence-electron chi connectivity index (χ1n) is 18.6. The largest absolute Gasteiger partial charge is 0.456 e. The van der Waals surface area contributed by atoms with Crippen LogP contribution in [0.15, 0.2) is 185 Å². The minimum Gasteiger partial charge on any atom is -0.456 e. The summed E-state index contributed by atoms with van der Waals surface area (Å²) in [5, 5.41) is 4.41. The monoisotopic (exact) mass is 693 g/mol. The molecule has 0 amide bonds. The molecule has 2 aromatic heterocycles. The van der Waals surface area contributed by atoms with Gasteiger partial charge in [0.25, 0.3) is 0 Å². The molecule has 0 spiro atoms. The lowest BCUT2D eigenvalue weighted by atomic mass is 9.82. The van der Waals surface area contributed by atoms with Crippen LogP contribution in [-0.2, 0) is 5.41 Å². The highest BCUT2D eigenvalue weighted by Gasteiger charge is 2.37. The fraction of sp³-hybridized carbons (Fsp3) is 0.0588. The predicted octanol–water partition coefficient (Wildman–Crippen LogP) is 14.6.